The first-order valence-corrected chi connectivity index (χ1v) is 12.0. The van der Waals surface area contributed by atoms with E-state index in [0.717, 1.165) is 57.7 Å². The van der Waals surface area contributed by atoms with E-state index in [1.807, 2.05) is 6.20 Å². The third kappa shape index (κ3) is 4.15. The van der Waals surface area contributed by atoms with Gasteiger partial charge >= 0.3 is 0 Å². The maximum atomic E-state index is 12.9. The van der Waals surface area contributed by atoms with Gasteiger partial charge in [-0.05, 0) is 88.3 Å². The van der Waals surface area contributed by atoms with Gasteiger partial charge in [0.15, 0.2) is 0 Å². The number of carbonyl (C=O) groups excluding carboxylic acids is 1. The van der Waals surface area contributed by atoms with E-state index in [4.69, 9.17) is 0 Å². The Bertz CT molecular complexity index is 922. The van der Waals surface area contributed by atoms with Crippen LogP contribution >= 0.6 is 0 Å². The fraction of sp³-hybridized carbons (Fsp3) is 0.600. The minimum atomic E-state index is 0.229. The second-order valence-electron chi connectivity index (χ2n) is 9.76. The minimum Gasteiger partial charge on any atom is -0.330 e. The van der Waals surface area contributed by atoms with Crippen molar-refractivity contribution in [1.29, 1.82) is 0 Å². The van der Waals surface area contributed by atoms with E-state index in [2.05, 4.69) is 63.0 Å². The zero-order valence-corrected chi connectivity index (χ0v) is 18.9. The molecule has 6 nitrogen and oxygen atoms in total. The Morgan fingerprint density at radius 3 is 2.74 bits per heavy atom. The van der Waals surface area contributed by atoms with Crippen LogP contribution in [-0.4, -0.2) is 57.7 Å². The normalized spacial score (nSPS) is 23.0. The fourth-order valence-electron chi connectivity index (χ4n) is 5.60. The second kappa shape index (κ2) is 8.75. The van der Waals surface area contributed by atoms with Crippen LogP contribution in [0.3, 0.4) is 0 Å². The van der Waals surface area contributed by atoms with Gasteiger partial charge in [-0.15, -0.1) is 0 Å². The number of carbonyl (C=O) groups is 1. The summed E-state index contributed by atoms with van der Waals surface area (Å²) in [4.78, 5) is 17.6. The van der Waals surface area contributed by atoms with Crippen LogP contribution in [0.15, 0.2) is 30.5 Å². The summed E-state index contributed by atoms with van der Waals surface area (Å²) in [6.07, 6.45) is 6.55. The molecule has 0 spiro atoms. The number of nitrogens with zero attached hydrogens (tertiary/aromatic N) is 4. The molecule has 1 aromatic carbocycles. The molecule has 2 saturated heterocycles. The average Bonchev–Trinajstić information content (AvgIpc) is 3.39. The Kier molecular flexibility index (Phi) is 5.85. The first-order chi connectivity index (χ1) is 15.1. The lowest BCUT2D eigenvalue weighted by molar-refractivity contribution is 0.0674. The molecule has 4 heterocycles. The maximum absolute atomic E-state index is 12.9. The molecule has 1 aromatic heterocycles. The molecule has 6 heteroatoms. The summed E-state index contributed by atoms with van der Waals surface area (Å²) in [5.74, 6) is 0.823. The molecule has 2 fully saturated rings. The first-order valence-electron chi connectivity index (χ1n) is 12.0. The van der Waals surface area contributed by atoms with E-state index in [1.165, 1.54) is 29.7 Å². The van der Waals surface area contributed by atoms with Gasteiger partial charge in [-0.2, -0.15) is 5.10 Å². The summed E-state index contributed by atoms with van der Waals surface area (Å²) in [5.41, 5.74) is 4.88. The number of amides is 1. The molecular weight excluding hydrogens is 386 g/mol. The van der Waals surface area contributed by atoms with Crippen molar-refractivity contribution in [2.45, 2.75) is 70.6 Å². The molecule has 1 atom stereocenters. The molecule has 31 heavy (non-hydrogen) atoms. The van der Waals surface area contributed by atoms with E-state index in [-0.39, 0.29) is 5.91 Å². The smallest absolute Gasteiger partial charge is 0.254 e. The number of hydrogen-bond acceptors (Lipinski definition) is 4. The number of hydrogen-bond donors (Lipinski definition) is 1. The van der Waals surface area contributed by atoms with Gasteiger partial charge in [0.05, 0.1) is 5.69 Å². The average molecular weight is 422 g/mol. The fourth-order valence-corrected chi connectivity index (χ4v) is 5.60. The molecule has 166 valence electrons. The predicted molar refractivity (Wildman–Crippen MR) is 122 cm³/mol. The van der Waals surface area contributed by atoms with Gasteiger partial charge < -0.3 is 10.2 Å². The first kappa shape index (κ1) is 20.7. The summed E-state index contributed by atoms with van der Waals surface area (Å²) in [6.45, 7) is 10.4. The third-order valence-corrected chi connectivity index (χ3v) is 7.36. The molecule has 3 aliphatic rings. The maximum Gasteiger partial charge on any atom is 0.254 e. The molecule has 0 bridgehead atoms. The highest BCUT2D eigenvalue weighted by atomic mass is 16.2. The SMILES string of the molecule is CC(C)n1nccc1CN1CCC(c2ccc3c(c2)CN(C2CCCNC2)C3=O)CC1. The molecule has 0 radical (unpaired) electrons. The zero-order chi connectivity index (χ0) is 21.4. The van der Waals surface area contributed by atoms with Gasteiger partial charge in [0.25, 0.3) is 5.91 Å². The molecule has 1 amide bonds. The number of fused-ring (bicyclic) bond motifs is 1. The Balaban J connectivity index is 1.21. The van der Waals surface area contributed by atoms with Crippen molar-refractivity contribution in [3.63, 3.8) is 0 Å². The Hall–Kier alpha value is -2.18. The quantitative estimate of drug-likeness (QED) is 0.802. The number of likely N-dealkylation sites (tertiary alicyclic amines) is 1. The Morgan fingerprint density at radius 1 is 1.16 bits per heavy atom. The molecule has 5 rings (SSSR count). The summed E-state index contributed by atoms with van der Waals surface area (Å²) in [7, 11) is 0. The van der Waals surface area contributed by atoms with E-state index in [9.17, 15) is 4.79 Å². The third-order valence-electron chi connectivity index (χ3n) is 7.36. The Morgan fingerprint density at radius 2 is 2.00 bits per heavy atom. The van der Waals surface area contributed by atoms with Crippen LogP contribution in [0.4, 0.5) is 0 Å². The van der Waals surface area contributed by atoms with Gasteiger partial charge in [0.2, 0.25) is 0 Å². The minimum absolute atomic E-state index is 0.229. The van der Waals surface area contributed by atoms with Crippen LogP contribution in [-0.2, 0) is 13.1 Å². The van der Waals surface area contributed by atoms with E-state index in [0.29, 0.717) is 18.0 Å². The van der Waals surface area contributed by atoms with Crippen molar-refractivity contribution in [2.75, 3.05) is 26.2 Å². The van der Waals surface area contributed by atoms with Crippen LogP contribution in [0.5, 0.6) is 0 Å². The largest absolute Gasteiger partial charge is 0.330 e. The summed E-state index contributed by atoms with van der Waals surface area (Å²) in [5, 5.41) is 7.92. The van der Waals surface area contributed by atoms with Crippen LogP contribution in [0.2, 0.25) is 0 Å². The standard InChI is InChI=1S/C25H35N5O/c1-18(2)30-23(7-11-27-30)17-28-12-8-19(9-13-28)20-5-6-24-21(14-20)16-29(25(24)31)22-4-3-10-26-15-22/h5-7,11,14,18-19,22,26H,3-4,8-10,12-13,15-17H2,1-2H3. The van der Waals surface area contributed by atoms with Crippen LogP contribution in [0.1, 0.15) is 78.7 Å². The second-order valence-corrected chi connectivity index (χ2v) is 9.76. The number of nitrogens with one attached hydrogen (secondary N) is 1. The lowest BCUT2D eigenvalue weighted by Crippen LogP contribution is -2.46. The molecule has 0 saturated carbocycles. The highest BCUT2D eigenvalue weighted by Crippen LogP contribution is 2.33. The van der Waals surface area contributed by atoms with E-state index in [1.54, 1.807) is 0 Å². The van der Waals surface area contributed by atoms with Crippen molar-refractivity contribution in [2.24, 2.45) is 0 Å². The van der Waals surface area contributed by atoms with Crippen molar-refractivity contribution in [1.82, 2.24) is 24.9 Å². The molecule has 1 unspecified atom stereocenters. The van der Waals surface area contributed by atoms with E-state index < -0.39 is 0 Å². The highest BCUT2D eigenvalue weighted by Gasteiger charge is 2.34. The topological polar surface area (TPSA) is 53.4 Å². The number of aromatic nitrogens is 2. The van der Waals surface area contributed by atoms with Crippen molar-refractivity contribution < 1.29 is 4.79 Å². The van der Waals surface area contributed by atoms with Crippen LogP contribution in [0.25, 0.3) is 0 Å². The van der Waals surface area contributed by atoms with Crippen molar-refractivity contribution >= 4 is 5.91 Å². The Labute approximate surface area is 185 Å². The van der Waals surface area contributed by atoms with E-state index >= 15 is 0 Å². The summed E-state index contributed by atoms with van der Waals surface area (Å²) < 4.78 is 2.14. The summed E-state index contributed by atoms with van der Waals surface area (Å²) in [6, 6.07) is 9.54. The molecule has 1 N–H and O–H groups in total. The molecule has 2 aromatic rings. The van der Waals surface area contributed by atoms with Gasteiger partial charge in [0, 0.05) is 43.5 Å². The number of piperidine rings is 2. The van der Waals surface area contributed by atoms with Gasteiger partial charge in [0.1, 0.15) is 0 Å². The number of rotatable bonds is 5. The molecular formula is C25H35N5O. The van der Waals surface area contributed by atoms with Crippen molar-refractivity contribution in [3.05, 3.63) is 52.8 Å². The number of benzene rings is 1. The lowest BCUT2D eigenvalue weighted by atomic mass is 9.88. The zero-order valence-electron chi connectivity index (χ0n) is 18.9. The van der Waals surface area contributed by atoms with Gasteiger partial charge in [-0.25, -0.2) is 0 Å². The monoisotopic (exact) mass is 421 g/mol. The molecule has 0 aliphatic carbocycles. The van der Waals surface area contributed by atoms with Gasteiger partial charge in [-0.3, -0.25) is 14.4 Å². The van der Waals surface area contributed by atoms with Crippen LogP contribution in [0, 0.1) is 0 Å². The highest BCUT2D eigenvalue weighted by molar-refractivity contribution is 5.98. The predicted octanol–water partition coefficient (Wildman–Crippen LogP) is 3.55. The van der Waals surface area contributed by atoms with Crippen LogP contribution < -0.4 is 5.32 Å². The van der Waals surface area contributed by atoms with Crippen molar-refractivity contribution in [3.8, 4) is 0 Å². The lowest BCUT2D eigenvalue weighted by Gasteiger charge is -2.32. The molecule has 3 aliphatic heterocycles. The summed E-state index contributed by atoms with van der Waals surface area (Å²) >= 11 is 0. The van der Waals surface area contributed by atoms with Gasteiger partial charge in [-0.1, -0.05) is 12.1 Å².